The molecule has 126 valence electrons. The van der Waals surface area contributed by atoms with Crippen molar-refractivity contribution in [1.82, 2.24) is 5.43 Å². The molecule has 24 heavy (non-hydrogen) atoms. The van der Waals surface area contributed by atoms with Crippen LogP contribution in [-0.2, 0) is 4.79 Å². The van der Waals surface area contributed by atoms with Gasteiger partial charge < -0.3 is 9.47 Å². The molecule has 1 N–H and O–H groups in total. The highest BCUT2D eigenvalue weighted by atomic mass is 79.9. The molecular weight excluding hydrogens is 372 g/mol. The molecule has 0 saturated carbocycles. The second kappa shape index (κ2) is 9.08. The second-order valence-corrected chi connectivity index (χ2v) is 5.75. The molecule has 1 atom stereocenters. The number of nitrogens with one attached hydrogen (secondary N) is 1. The summed E-state index contributed by atoms with van der Waals surface area (Å²) < 4.78 is 11.9. The molecule has 1 unspecified atom stereocenters. The van der Waals surface area contributed by atoms with Crippen LogP contribution < -0.4 is 14.9 Å². The van der Waals surface area contributed by atoms with Gasteiger partial charge in [-0.1, -0.05) is 24.3 Å². The number of ether oxygens (including phenoxy) is 2. The zero-order valence-corrected chi connectivity index (χ0v) is 15.1. The summed E-state index contributed by atoms with van der Waals surface area (Å²) in [5.74, 6) is 0.984. The average molecular weight is 391 g/mol. The van der Waals surface area contributed by atoms with Gasteiger partial charge in [0.25, 0.3) is 5.91 Å². The van der Waals surface area contributed by atoms with Crippen molar-refractivity contribution in [2.75, 3.05) is 6.61 Å². The number of hydrogen-bond acceptors (Lipinski definition) is 4. The molecule has 0 saturated heterocycles. The molecule has 0 bridgehead atoms. The van der Waals surface area contributed by atoms with E-state index in [-0.39, 0.29) is 5.91 Å². The Labute approximate surface area is 149 Å². The molecule has 0 aromatic heterocycles. The molecule has 0 aliphatic carbocycles. The van der Waals surface area contributed by atoms with E-state index in [2.05, 4.69) is 26.5 Å². The van der Waals surface area contributed by atoms with Crippen molar-refractivity contribution in [3.8, 4) is 11.5 Å². The van der Waals surface area contributed by atoms with Gasteiger partial charge in [-0.25, -0.2) is 5.43 Å². The van der Waals surface area contributed by atoms with E-state index in [9.17, 15) is 4.79 Å². The number of hydrogen-bond donors (Lipinski definition) is 1. The van der Waals surface area contributed by atoms with Gasteiger partial charge in [0.15, 0.2) is 6.10 Å². The first-order valence-corrected chi connectivity index (χ1v) is 8.37. The third-order valence-electron chi connectivity index (χ3n) is 3.11. The van der Waals surface area contributed by atoms with Crippen LogP contribution in [0, 0.1) is 0 Å². The minimum absolute atomic E-state index is 0.337. The molecule has 0 aliphatic heterocycles. The molecule has 0 radical (unpaired) electrons. The van der Waals surface area contributed by atoms with Crippen molar-refractivity contribution in [2.45, 2.75) is 20.0 Å². The molecular formula is C18H19BrN2O3. The SMILES string of the molecule is CCOc1ccccc1/C=N/NC(=O)C(C)Oc1ccccc1Br. The van der Waals surface area contributed by atoms with Crippen LogP contribution in [0.3, 0.4) is 0 Å². The lowest BCUT2D eigenvalue weighted by molar-refractivity contribution is -0.127. The van der Waals surface area contributed by atoms with Crippen molar-refractivity contribution in [3.63, 3.8) is 0 Å². The summed E-state index contributed by atoms with van der Waals surface area (Å²) in [6.07, 6.45) is 0.872. The number of carbonyl (C=O) groups is 1. The zero-order chi connectivity index (χ0) is 17.4. The van der Waals surface area contributed by atoms with Crippen molar-refractivity contribution in [1.29, 1.82) is 0 Å². The second-order valence-electron chi connectivity index (χ2n) is 4.90. The van der Waals surface area contributed by atoms with Gasteiger partial charge in [-0.2, -0.15) is 5.10 Å². The van der Waals surface area contributed by atoms with E-state index >= 15 is 0 Å². The maximum absolute atomic E-state index is 12.1. The van der Waals surface area contributed by atoms with Crippen LogP contribution in [0.15, 0.2) is 58.1 Å². The number of halogens is 1. The molecule has 5 nitrogen and oxygen atoms in total. The Balaban J connectivity index is 1.94. The molecule has 1 amide bonds. The Hall–Kier alpha value is -2.34. The monoisotopic (exact) mass is 390 g/mol. The van der Waals surface area contributed by atoms with E-state index in [0.29, 0.717) is 12.4 Å². The van der Waals surface area contributed by atoms with Gasteiger partial charge in [0.05, 0.1) is 17.3 Å². The van der Waals surface area contributed by atoms with Gasteiger partial charge in [0.1, 0.15) is 11.5 Å². The Morgan fingerprint density at radius 3 is 2.58 bits per heavy atom. The van der Waals surface area contributed by atoms with Gasteiger partial charge in [-0.15, -0.1) is 0 Å². The topological polar surface area (TPSA) is 59.9 Å². The van der Waals surface area contributed by atoms with Crippen molar-refractivity contribution < 1.29 is 14.3 Å². The first kappa shape index (κ1) is 18.0. The molecule has 0 aliphatic rings. The molecule has 2 aromatic carbocycles. The van der Waals surface area contributed by atoms with E-state index in [4.69, 9.17) is 9.47 Å². The molecule has 2 aromatic rings. The lowest BCUT2D eigenvalue weighted by Gasteiger charge is -2.14. The first-order chi connectivity index (χ1) is 11.6. The molecule has 0 heterocycles. The summed E-state index contributed by atoms with van der Waals surface area (Å²) in [6.45, 7) is 4.14. The number of amides is 1. The fourth-order valence-corrected chi connectivity index (χ4v) is 2.29. The largest absolute Gasteiger partial charge is 0.493 e. The summed E-state index contributed by atoms with van der Waals surface area (Å²) in [4.78, 5) is 12.1. The maximum Gasteiger partial charge on any atom is 0.280 e. The number of para-hydroxylation sites is 2. The Kier molecular flexibility index (Phi) is 6.81. The van der Waals surface area contributed by atoms with Gasteiger partial charge in [-0.05, 0) is 54.0 Å². The molecule has 0 spiro atoms. The van der Waals surface area contributed by atoms with Crippen LogP contribution in [0.1, 0.15) is 19.4 Å². The van der Waals surface area contributed by atoms with Crippen LogP contribution in [0.5, 0.6) is 11.5 Å². The smallest absolute Gasteiger partial charge is 0.280 e. The molecule has 2 rings (SSSR count). The van der Waals surface area contributed by atoms with Gasteiger partial charge >= 0.3 is 0 Å². The number of hydrazone groups is 1. The predicted molar refractivity (Wildman–Crippen MR) is 97.6 cm³/mol. The van der Waals surface area contributed by atoms with E-state index in [1.807, 2.05) is 49.4 Å². The molecule has 0 fully saturated rings. The van der Waals surface area contributed by atoms with Crippen LogP contribution in [0.4, 0.5) is 0 Å². The fourth-order valence-electron chi connectivity index (χ4n) is 1.91. The Morgan fingerprint density at radius 2 is 1.88 bits per heavy atom. The van der Waals surface area contributed by atoms with Gasteiger partial charge in [-0.3, -0.25) is 4.79 Å². The quantitative estimate of drug-likeness (QED) is 0.578. The van der Waals surface area contributed by atoms with E-state index in [1.54, 1.807) is 19.2 Å². The predicted octanol–water partition coefficient (Wildman–Crippen LogP) is 3.77. The van der Waals surface area contributed by atoms with Gasteiger partial charge in [0, 0.05) is 5.56 Å². The average Bonchev–Trinajstić information content (AvgIpc) is 2.58. The van der Waals surface area contributed by atoms with Crippen molar-refractivity contribution in [3.05, 3.63) is 58.6 Å². The third-order valence-corrected chi connectivity index (χ3v) is 3.76. The van der Waals surface area contributed by atoms with Crippen LogP contribution >= 0.6 is 15.9 Å². The van der Waals surface area contributed by atoms with E-state index in [1.165, 1.54) is 0 Å². The highest BCUT2D eigenvalue weighted by Gasteiger charge is 2.15. The van der Waals surface area contributed by atoms with E-state index in [0.717, 1.165) is 15.8 Å². The summed E-state index contributed by atoms with van der Waals surface area (Å²) in [6, 6.07) is 14.8. The Morgan fingerprint density at radius 1 is 1.21 bits per heavy atom. The van der Waals surface area contributed by atoms with E-state index < -0.39 is 6.10 Å². The Bertz CT molecular complexity index is 719. The standard InChI is InChI=1S/C18H19BrN2O3/c1-3-23-16-10-6-4-8-14(16)12-20-21-18(22)13(2)24-17-11-7-5-9-15(17)19/h4-13H,3H2,1-2H3,(H,21,22)/b20-12+. The van der Waals surface area contributed by atoms with Crippen LogP contribution in [-0.4, -0.2) is 24.8 Å². The minimum atomic E-state index is -0.678. The normalized spacial score (nSPS) is 12.0. The van der Waals surface area contributed by atoms with Gasteiger partial charge in [0.2, 0.25) is 0 Å². The lowest BCUT2D eigenvalue weighted by atomic mass is 10.2. The number of rotatable bonds is 7. The first-order valence-electron chi connectivity index (χ1n) is 7.57. The third kappa shape index (κ3) is 5.09. The number of benzene rings is 2. The highest BCUT2D eigenvalue weighted by molar-refractivity contribution is 9.10. The highest BCUT2D eigenvalue weighted by Crippen LogP contribution is 2.24. The summed E-state index contributed by atoms with van der Waals surface area (Å²) in [5.41, 5.74) is 3.27. The summed E-state index contributed by atoms with van der Waals surface area (Å²) in [7, 11) is 0. The number of carbonyl (C=O) groups excluding carboxylic acids is 1. The summed E-state index contributed by atoms with van der Waals surface area (Å²) in [5, 5.41) is 3.97. The zero-order valence-electron chi connectivity index (χ0n) is 13.5. The van der Waals surface area contributed by atoms with Crippen molar-refractivity contribution in [2.24, 2.45) is 5.10 Å². The summed E-state index contributed by atoms with van der Waals surface area (Å²) >= 11 is 3.38. The lowest BCUT2D eigenvalue weighted by Crippen LogP contribution is -2.33. The van der Waals surface area contributed by atoms with Crippen LogP contribution in [0.2, 0.25) is 0 Å². The minimum Gasteiger partial charge on any atom is -0.493 e. The number of nitrogens with zero attached hydrogens (tertiary/aromatic N) is 1. The molecule has 6 heteroatoms. The van der Waals surface area contributed by atoms with Crippen LogP contribution in [0.25, 0.3) is 0 Å². The maximum atomic E-state index is 12.1. The van der Waals surface area contributed by atoms with Crippen molar-refractivity contribution >= 4 is 28.1 Å². The fraction of sp³-hybridized carbons (Fsp3) is 0.222.